The summed E-state index contributed by atoms with van der Waals surface area (Å²) in [6.45, 7) is 13.8. The van der Waals surface area contributed by atoms with Gasteiger partial charge < -0.3 is 20.5 Å². The first-order valence-corrected chi connectivity index (χ1v) is 13.9. The number of methoxy groups -OCH3 is 1. The molecule has 1 aromatic rings. The highest BCUT2D eigenvalue weighted by atomic mass is 19.4. The highest BCUT2D eigenvalue weighted by Gasteiger charge is 2.49. The van der Waals surface area contributed by atoms with Crippen molar-refractivity contribution < 1.29 is 36.6 Å². The van der Waals surface area contributed by atoms with Crippen LogP contribution < -0.4 is 15.8 Å². The molecule has 4 rings (SSSR count). The molecule has 3 atom stereocenters. The van der Waals surface area contributed by atoms with Crippen LogP contribution in [-0.4, -0.2) is 54.1 Å². The van der Waals surface area contributed by atoms with E-state index in [1.54, 1.807) is 34.8 Å². The maximum absolute atomic E-state index is 14.7. The van der Waals surface area contributed by atoms with Crippen molar-refractivity contribution in [2.75, 3.05) is 20.3 Å². The first-order valence-electron chi connectivity index (χ1n) is 13.9. The van der Waals surface area contributed by atoms with Crippen LogP contribution in [0.1, 0.15) is 84.9 Å². The molecule has 1 aromatic carbocycles. The Kier molecular flexibility index (Phi) is 12.9. The fraction of sp³-hybridized carbons (Fsp3) is 0.633. The third-order valence-corrected chi connectivity index (χ3v) is 6.73. The molecule has 1 fully saturated rings. The Morgan fingerprint density at radius 3 is 2.31 bits per heavy atom. The number of hydrogen-bond donors (Lipinski definition) is 2. The first-order chi connectivity index (χ1) is 19.5. The molecule has 2 amide bonds. The maximum atomic E-state index is 14.7. The van der Waals surface area contributed by atoms with Gasteiger partial charge in [0, 0.05) is 32.6 Å². The SMILES string of the molecule is C#C.CC.CC1(C)CC(=O)N(C[C@H]2CC2C(=O)N[C@H]2CC(C)(C)Oc3c(C(F)(F)F)ccc(F)c32)C(N)=N1.CCOC. The van der Waals surface area contributed by atoms with E-state index in [-0.39, 0.29) is 42.7 Å². The number of carbonyl (C=O) groups excluding carboxylic acids is 2. The highest BCUT2D eigenvalue weighted by molar-refractivity contribution is 5.99. The summed E-state index contributed by atoms with van der Waals surface area (Å²) in [6, 6.07) is 0.404. The van der Waals surface area contributed by atoms with Crippen LogP contribution in [0, 0.1) is 30.5 Å². The largest absolute Gasteiger partial charge is 0.487 e. The monoisotopic (exact) mass is 600 g/mol. The summed E-state index contributed by atoms with van der Waals surface area (Å²) >= 11 is 0. The Bertz CT molecular complexity index is 1150. The van der Waals surface area contributed by atoms with Crippen LogP contribution >= 0.6 is 0 Å². The lowest BCUT2D eigenvalue weighted by molar-refractivity contribution is -0.140. The molecule has 42 heavy (non-hydrogen) atoms. The Labute approximate surface area is 246 Å². The van der Waals surface area contributed by atoms with Gasteiger partial charge in [-0.1, -0.05) is 13.8 Å². The summed E-state index contributed by atoms with van der Waals surface area (Å²) in [7, 11) is 1.68. The fourth-order valence-corrected chi connectivity index (χ4v) is 4.75. The van der Waals surface area contributed by atoms with E-state index in [1.165, 1.54) is 4.90 Å². The van der Waals surface area contributed by atoms with Gasteiger partial charge in [-0.15, -0.1) is 12.8 Å². The number of benzene rings is 1. The van der Waals surface area contributed by atoms with Crippen molar-refractivity contribution in [3.05, 3.63) is 29.1 Å². The smallest absolute Gasteiger partial charge is 0.419 e. The average Bonchev–Trinajstić information content (AvgIpc) is 3.66. The van der Waals surface area contributed by atoms with Crippen LogP contribution in [0.5, 0.6) is 5.75 Å². The summed E-state index contributed by atoms with van der Waals surface area (Å²) in [5, 5.41) is 2.72. The Hall–Kier alpha value is -3.33. The predicted octanol–water partition coefficient (Wildman–Crippen LogP) is 5.45. The molecule has 2 aliphatic heterocycles. The minimum Gasteiger partial charge on any atom is -0.487 e. The van der Waals surface area contributed by atoms with E-state index in [0.29, 0.717) is 12.5 Å². The summed E-state index contributed by atoms with van der Waals surface area (Å²) in [5.41, 5.74) is 2.93. The van der Waals surface area contributed by atoms with Crippen molar-refractivity contribution in [3.8, 4) is 18.6 Å². The summed E-state index contributed by atoms with van der Waals surface area (Å²) in [6.07, 6.45) is 4.04. The highest BCUT2D eigenvalue weighted by Crippen LogP contribution is 2.48. The minimum atomic E-state index is -4.74. The normalized spacial score (nSPS) is 23.1. The van der Waals surface area contributed by atoms with Crippen molar-refractivity contribution in [1.82, 2.24) is 10.2 Å². The van der Waals surface area contributed by atoms with Gasteiger partial charge in [0.1, 0.15) is 17.2 Å². The number of nitrogens with zero attached hydrogens (tertiary/aromatic N) is 2. The molecular formula is C30H44F4N4O4. The zero-order valence-corrected chi connectivity index (χ0v) is 25.7. The van der Waals surface area contributed by atoms with Crippen molar-refractivity contribution >= 4 is 17.8 Å². The zero-order valence-electron chi connectivity index (χ0n) is 25.7. The number of ether oxygens (including phenoxy) is 2. The number of carbonyl (C=O) groups is 2. The van der Waals surface area contributed by atoms with Gasteiger partial charge in [-0.05, 0) is 59.1 Å². The van der Waals surface area contributed by atoms with Crippen molar-refractivity contribution in [2.45, 2.75) is 91.1 Å². The van der Waals surface area contributed by atoms with Crippen LogP contribution in [0.3, 0.4) is 0 Å². The van der Waals surface area contributed by atoms with Crippen LogP contribution in [0.15, 0.2) is 17.1 Å². The molecule has 1 unspecified atom stereocenters. The maximum Gasteiger partial charge on any atom is 0.419 e. The number of amides is 2. The molecule has 1 aliphatic carbocycles. The average molecular weight is 601 g/mol. The second-order valence-electron chi connectivity index (χ2n) is 11.1. The van der Waals surface area contributed by atoms with E-state index in [4.69, 9.17) is 10.5 Å². The number of nitrogens with two attached hydrogens (primary N) is 1. The number of hydrogen-bond acceptors (Lipinski definition) is 6. The molecule has 0 bridgehead atoms. The zero-order chi connectivity index (χ0) is 32.6. The van der Waals surface area contributed by atoms with Crippen molar-refractivity contribution in [2.24, 2.45) is 22.6 Å². The standard InChI is InChI=1S/C23H28F4N4O3.C3H8O.C2H6.C2H2/c1-21(2)9-16(32)31(20(28)30-21)10-11-7-12(11)19(33)29-15-8-22(3,4)34-18-13(23(25,26)27)5-6-14(24)17(15)18;1-3-4-2;2*1-2/h5-6,11-12,15H,7-10H2,1-4H3,(H2,28,30)(H,29,33);3H2,1-2H3;1-2H3;1-2H/t11-,12?,15+;;;/m1.../s1. The molecule has 0 aromatic heterocycles. The minimum absolute atomic E-state index is 0.0979. The number of alkyl halides is 3. The van der Waals surface area contributed by atoms with Gasteiger partial charge in [-0.25, -0.2) is 9.38 Å². The topological polar surface area (TPSA) is 106 Å². The molecule has 236 valence electrons. The number of terminal acetylenes is 1. The predicted molar refractivity (Wildman–Crippen MR) is 154 cm³/mol. The third-order valence-electron chi connectivity index (χ3n) is 6.73. The summed E-state index contributed by atoms with van der Waals surface area (Å²) < 4.78 is 65.3. The van der Waals surface area contributed by atoms with E-state index in [1.807, 2.05) is 20.8 Å². The summed E-state index contributed by atoms with van der Waals surface area (Å²) in [4.78, 5) is 31.1. The van der Waals surface area contributed by atoms with Gasteiger partial charge in [0.25, 0.3) is 0 Å². The van der Waals surface area contributed by atoms with Gasteiger partial charge in [0.05, 0.1) is 29.1 Å². The van der Waals surface area contributed by atoms with Crippen LogP contribution in [0.4, 0.5) is 17.6 Å². The van der Waals surface area contributed by atoms with Gasteiger partial charge in [0.2, 0.25) is 11.8 Å². The van der Waals surface area contributed by atoms with Crippen LogP contribution in [0.25, 0.3) is 0 Å². The van der Waals surface area contributed by atoms with Crippen LogP contribution in [0.2, 0.25) is 0 Å². The van der Waals surface area contributed by atoms with Gasteiger partial charge in [-0.2, -0.15) is 13.2 Å². The number of nitrogens with one attached hydrogen (secondary N) is 1. The molecule has 8 nitrogen and oxygen atoms in total. The van der Waals surface area contributed by atoms with E-state index < -0.39 is 52.3 Å². The van der Waals surface area contributed by atoms with E-state index in [0.717, 1.165) is 12.7 Å². The number of rotatable bonds is 5. The lowest BCUT2D eigenvalue weighted by atomic mass is 9.87. The quantitative estimate of drug-likeness (QED) is 0.345. The first kappa shape index (κ1) is 36.7. The van der Waals surface area contributed by atoms with Crippen LogP contribution in [-0.2, 0) is 20.5 Å². The molecule has 0 radical (unpaired) electrons. The second kappa shape index (κ2) is 14.7. The molecule has 0 saturated heterocycles. The molecule has 3 aliphatic rings. The van der Waals surface area contributed by atoms with Gasteiger partial charge >= 0.3 is 6.18 Å². The molecule has 1 saturated carbocycles. The number of halogens is 4. The van der Waals surface area contributed by atoms with E-state index in [2.05, 4.69) is 27.9 Å². The Morgan fingerprint density at radius 1 is 1.24 bits per heavy atom. The molecule has 12 heteroatoms. The van der Waals surface area contributed by atoms with Gasteiger partial charge in [0.15, 0.2) is 5.96 Å². The number of aliphatic imine (C=N–C) groups is 1. The molecule has 3 N–H and O–H groups in total. The molecular weight excluding hydrogens is 556 g/mol. The second-order valence-corrected chi connectivity index (χ2v) is 11.1. The lowest BCUT2D eigenvalue weighted by Crippen LogP contribution is -2.50. The number of guanidine groups is 1. The van der Waals surface area contributed by atoms with Crippen molar-refractivity contribution in [1.29, 1.82) is 0 Å². The fourth-order valence-electron chi connectivity index (χ4n) is 4.75. The number of fused-ring (bicyclic) bond motifs is 1. The summed E-state index contributed by atoms with van der Waals surface area (Å²) in [5.74, 6) is -2.57. The van der Waals surface area contributed by atoms with E-state index in [9.17, 15) is 27.2 Å². The Balaban J connectivity index is 0.000000998. The van der Waals surface area contributed by atoms with Gasteiger partial charge in [-0.3, -0.25) is 14.5 Å². The Morgan fingerprint density at radius 2 is 1.81 bits per heavy atom. The molecule has 2 heterocycles. The third kappa shape index (κ3) is 9.34. The van der Waals surface area contributed by atoms with E-state index >= 15 is 0 Å². The van der Waals surface area contributed by atoms with Crippen molar-refractivity contribution in [3.63, 3.8) is 0 Å². The molecule has 0 spiro atoms. The lowest BCUT2D eigenvalue weighted by Gasteiger charge is -2.39.